The van der Waals surface area contributed by atoms with Gasteiger partial charge in [-0.25, -0.2) is 13.1 Å². The quantitative estimate of drug-likeness (QED) is 0.708. The molecular formula is C10H15F3N2O2S3. The molecule has 1 rings (SSSR count). The summed E-state index contributed by atoms with van der Waals surface area (Å²) >= 11 is 0.854. The Hall–Kier alpha value is -0.290. The van der Waals surface area contributed by atoms with E-state index in [1.807, 2.05) is 6.92 Å². The van der Waals surface area contributed by atoms with E-state index in [1.54, 1.807) is 6.07 Å². The lowest BCUT2D eigenvalue weighted by Gasteiger charge is -2.06. The van der Waals surface area contributed by atoms with Crippen molar-refractivity contribution >= 4 is 33.1 Å². The van der Waals surface area contributed by atoms with Crippen LogP contribution in [-0.4, -0.2) is 32.8 Å². The second kappa shape index (κ2) is 7.64. The first-order valence-corrected chi connectivity index (χ1v) is 9.03. The van der Waals surface area contributed by atoms with Gasteiger partial charge in [0.1, 0.15) is 4.21 Å². The van der Waals surface area contributed by atoms with Crippen LogP contribution in [0.4, 0.5) is 13.2 Å². The first-order chi connectivity index (χ1) is 9.24. The number of nitrogens with one attached hydrogen (secondary N) is 2. The standard InChI is InChI=1S/C10H15F3N2O2S3/c1-2-14-7-8-3-4-9(19-8)20(16,17)15-5-6-18-10(11,12)13/h3-4,14-15H,2,5-7H2,1H3. The van der Waals surface area contributed by atoms with Gasteiger partial charge in [0.05, 0.1) is 0 Å². The number of sulfonamides is 1. The van der Waals surface area contributed by atoms with Crippen LogP contribution in [0.25, 0.3) is 0 Å². The minimum atomic E-state index is -4.34. The zero-order valence-corrected chi connectivity index (χ0v) is 13.1. The molecule has 0 unspecified atom stereocenters. The molecule has 20 heavy (non-hydrogen) atoms. The Morgan fingerprint density at radius 2 is 2.05 bits per heavy atom. The van der Waals surface area contributed by atoms with Crippen LogP contribution in [0.5, 0.6) is 0 Å². The molecule has 4 nitrogen and oxygen atoms in total. The van der Waals surface area contributed by atoms with Crippen LogP contribution in [0.1, 0.15) is 11.8 Å². The van der Waals surface area contributed by atoms with Crippen LogP contribution in [-0.2, 0) is 16.6 Å². The highest BCUT2D eigenvalue weighted by molar-refractivity contribution is 8.00. The zero-order chi connectivity index (χ0) is 15.2. The zero-order valence-electron chi connectivity index (χ0n) is 10.7. The van der Waals surface area contributed by atoms with Gasteiger partial charge in [-0.15, -0.1) is 11.3 Å². The number of hydrogen-bond donors (Lipinski definition) is 2. The number of thiophene rings is 1. The molecule has 10 heteroatoms. The van der Waals surface area contributed by atoms with Gasteiger partial charge in [0.2, 0.25) is 10.0 Å². The van der Waals surface area contributed by atoms with E-state index in [2.05, 4.69) is 10.0 Å². The molecule has 0 spiro atoms. The molecule has 1 heterocycles. The molecule has 0 aliphatic carbocycles. The highest BCUT2D eigenvalue weighted by Gasteiger charge is 2.27. The van der Waals surface area contributed by atoms with Crippen molar-refractivity contribution < 1.29 is 21.6 Å². The number of alkyl halides is 3. The number of thioether (sulfide) groups is 1. The molecule has 0 aliphatic heterocycles. The normalized spacial score (nSPS) is 12.8. The average Bonchev–Trinajstić information content (AvgIpc) is 2.80. The lowest BCUT2D eigenvalue weighted by molar-refractivity contribution is -0.0327. The molecule has 0 amide bonds. The second-order valence-electron chi connectivity index (χ2n) is 3.69. The maximum atomic E-state index is 11.9. The second-order valence-corrected chi connectivity index (χ2v) is 8.02. The Kier molecular flexibility index (Phi) is 6.79. The Morgan fingerprint density at radius 3 is 2.65 bits per heavy atom. The highest BCUT2D eigenvalue weighted by Crippen LogP contribution is 2.29. The third-order valence-corrected chi connectivity index (χ3v) is 5.88. The van der Waals surface area contributed by atoms with E-state index >= 15 is 0 Å². The molecule has 2 N–H and O–H groups in total. The molecule has 0 aromatic carbocycles. The molecule has 0 bridgehead atoms. The first kappa shape index (κ1) is 17.8. The summed E-state index contributed by atoms with van der Waals surface area (Å²) < 4.78 is 61.6. The Bertz CT molecular complexity index is 514. The molecular weight excluding hydrogens is 333 g/mol. The van der Waals surface area contributed by atoms with Crippen LogP contribution in [0.2, 0.25) is 0 Å². The van der Waals surface area contributed by atoms with Crippen molar-refractivity contribution in [2.24, 2.45) is 0 Å². The third kappa shape index (κ3) is 6.44. The summed E-state index contributed by atoms with van der Waals surface area (Å²) in [5.74, 6) is -0.349. The topological polar surface area (TPSA) is 58.2 Å². The summed E-state index contributed by atoms with van der Waals surface area (Å²) in [5.41, 5.74) is -4.34. The van der Waals surface area contributed by atoms with Crippen molar-refractivity contribution in [1.82, 2.24) is 10.0 Å². The largest absolute Gasteiger partial charge is 0.441 e. The van der Waals surface area contributed by atoms with Crippen molar-refractivity contribution in [3.8, 4) is 0 Å². The molecule has 1 aromatic rings. The summed E-state index contributed by atoms with van der Waals surface area (Å²) in [5, 5.41) is 3.07. The molecule has 0 saturated heterocycles. The van der Waals surface area contributed by atoms with Gasteiger partial charge in [-0.3, -0.25) is 0 Å². The van der Waals surface area contributed by atoms with Gasteiger partial charge >= 0.3 is 5.51 Å². The van der Waals surface area contributed by atoms with Crippen LogP contribution < -0.4 is 10.0 Å². The van der Waals surface area contributed by atoms with Gasteiger partial charge in [0, 0.05) is 23.7 Å². The molecule has 1 aromatic heterocycles. The highest BCUT2D eigenvalue weighted by atomic mass is 32.2. The van der Waals surface area contributed by atoms with E-state index in [1.165, 1.54) is 6.07 Å². The molecule has 0 radical (unpaired) electrons. The summed E-state index contributed by atoms with van der Waals surface area (Å²) in [6.07, 6.45) is 0. The van der Waals surface area contributed by atoms with Gasteiger partial charge in [-0.2, -0.15) is 13.2 Å². The maximum absolute atomic E-state index is 11.9. The average molecular weight is 348 g/mol. The van der Waals surface area contributed by atoms with E-state index in [0.29, 0.717) is 6.54 Å². The fourth-order valence-electron chi connectivity index (χ4n) is 1.26. The first-order valence-electron chi connectivity index (χ1n) is 5.74. The SMILES string of the molecule is CCNCc1ccc(S(=O)(=O)NCCSC(F)(F)F)s1. The van der Waals surface area contributed by atoms with E-state index in [0.717, 1.165) is 22.8 Å². The summed E-state index contributed by atoms with van der Waals surface area (Å²) in [6, 6.07) is 3.14. The molecule has 0 atom stereocenters. The van der Waals surface area contributed by atoms with Gasteiger partial charge in [0.25, 0.3) is 0 Å². The van der Waals surface area contributed by atoms with Crippen LogP contribution in [0, 0.1) is 0 Å². The summed E-state index contributed by atoms with van der Waals surface area (Å²) in [4.78, 5) is 0.858. The summed E-state index contributed by atoms with van der Waals surface area (Å²) in [7, 11) is -3.72. The molecule has 0 aliphatic rings. The van der Waals surface area contributed by atoms with Gasteiger partial charge in [0.15, 0.2) is 0 Å². The monoisotopic (exact) mass is 348 g/mol. The van der Waals surface area contributed by atoms with E-state index in [-0.39, 0.29) is 28.3 Å². The molecule has 0 fully saturated rings. The van der Waals surface area contributed by atoms with Crippen molar-refractivity contribution in [3.05, 3.63) is 17.0 Å². The lowest BCUT2D eigenvalue weighted by atomic mass is 10.4. The summed E-state index contributed by atoms with van der Waals surface area (Å²) in [6.45, 7) is 3.02. The molecule has 116 valence electrons. The Morgan fingerprint density at radius 1 is 1.35 bits per heavy atom. The van der Waals surface area contributed by atoms with E-state index < -0.39 is 15.5 Å². The molecule has 0 saturated carbocycles. The minimum Gasteiger partial charge on any atom is -0.312 e. The van der Waals surface area contributed by atoms with Crippen molar-refractivity contribution in [2.75, 3.05) is 18.8 Å². The van der Waals surface area contributed by atoms with Crippen LogP contribution in [0.15, 0.2) is 16.3 Å². The van der Waals surface area contributed by atoms with Gasteiger partial charge < -0.3 is 5.32 Å². The van der Waals surface area contributed by atoms with Crippen LogP contribution in [0.3, 0.4) is 0 Å². The van der Waals surface area contributed by atoms with Crippen LogP contribution >= 0.6 is 23.1 Å². The van der Waals surface area contributed by atoms with E-state index in [4.69, 9.17) is 0 Å². The predicted octanol–water partition coefficient (Wildman–Crippen LogP) is 2.39. The predicted molar refractivity (Wildman–Crippen MR) is 75.4 cm³/mol. The van der Waals surface area contributed by atoms with Crippen molar-refractivity contribution in [3.63, 3.8) is 0 Å². The Labute approximate surface area is 124 Å². The lowest BCUT2D eigenvalue weighted by Crippen LogP contribution is -2.26. The fourth-order valence-corrected chi connectivity index (χ4v) is 4.23. The third-order valence-electron chi connectivity index (χ3n) is 2.11. The fraction of sp³-hybridized carbons (Fsp3) is 0.600. The van der Waals surface area contributed by atoms with Crippen molar-refractivity contribution in [1.29, 1.82) is 0 Å². The van der Waals surface area contributed by atoms with Crippen molar-refractivity contribution in [2.45, 2.75) is 23.2 Å². The smallest absolute Gasteiger partial charge is 0.312 e. The Balaban J connectivity index is 2.49. The maximum Gasteiger partial charge on any atom is 0.441 e. The number of halogens is 3. The minimum absolute atomic E-state index is 0.113. The van der Waals surface area contributed by atoms with Gasteiger partial charge in [-0.05, 0) is 30.4 Å². The number of hydrogen-bond acceptors (Lipinski definition) is 5. The van der Waals surface area contributed by atoms with Gasteiger partial charge in [-0.1, -0.05) is 6.92 Å². The van der Waals surface area contributed by atoms with E-state index in [9.17, 15) is 21.6 Å². The number of rotatable bonds is 8.